The lowest BCUT2D eigenvalue weighted by Crippen LogP contribution is -2.56. The van der Waals surface area contributed by atoms with Crippen molar-refractivity contribution in [1.29, 1.82) is 0 Å². The number of Topliss-reactive ketones (excluding diaryl/α,β-unsaturated/α-hetero) is 1. The highest BCUT2D eigenvalue weighted by Gasteiger charge is 2.46. The third-order valence-electron chi connectivity index (χ3n) is 5.84. The lowest BCUT2D eigenvalue weighted by atomic mass is 9.98. The number of carbonyl (C=O) groups excluding carboxylic acids is 1. The SMILES string of the molecule is O=C1C(c2c(O)n([C@@H]3O[C@H](CO)[C@@H](O)[C@H](O)[C@H]3O)c3ccccc23)=Nc2ccccc21. The normalized spacial score (nSPS) is 28.1. The van der Waals surface area contributed by atoms with E-state index in [0.717, 1.165) is 0 Å². The van der Waals surface area contributed by atoms with Crippen molar-refractivity contribution in [3.63, 3.8) is 0 Å². The zero-order chi connectivity index (χ0) is 21.9. The van der Waals surface area contributed by atoms with Crippen LogP contribution in [0.5, 0.6) is 5.88 Å². The van der Waals surface area contributed by atoms with Gasteiger partial charge in [0.1, 0.15) is 30.1 Å². The second-order valence-corrected chi connectivity index (χ2v) is 7.61. The quantitative estimate of drug-likeness (QED) is 0.415. The molecule has 2 aliphatic rings. The Morgan fingerprint density at radius 1 is 0.968 bits per heavy atom. The molecule has 0 unspecified atom stereocenters. The molecular weight excluding hydrogens is 404 g/mol. The van der Waals surface area contributed by atoms with Crippen LogP contribution in [0.25, 0.3) is 10.9 Å². The molecule has 0 radical (unpaired) electrons. The molecule has 9 nitrogen and oxygen atoms in total. The molecule has 1 fully saturated rings. The van der Waals surface area contributed by atoms with E-state index in [2.05, 4.69) is 4.99 Å². The minimum Gasteiger partial charge on any atom is -0.494 e. The lowest BCUT2D eigenvalue weighted by molar-refractivity contribution is -0.251. The number of hydrogen-bond donors (Lipinski definition) is 5. The molecule has 9 heteroatoms. The molecule has 5 atom stereocenters. The smallest absolute Gasteiger partial charge is 0.214 e. The molecule has 5 N–H and O–H groups in total. The number of ketones is 1. The maximum atomic E-state index is 13.0. The Kier molecular flexibility index (Phi) is 4.65. The second kappa shape index (κ2) is 7.26. The van der Waals surface area contributed by atoms with Gasteiger partial charge in [0.15, 0.2) is 6.23 Å². The maximum absolute atomic E-state index is 13.0. The number of aliphatic imine (C=N–C) groups is 1. The zero-order valence-corrected chi connectivity index (χ0v) is 16.2. The average molecular weight is 424 g/mol. The van der Waals surface area contributed by atoms with Gasteiger partial charge < -0.3 is 30.3 Å². The number of ether oxygens (including phenoxy) is 1. The minimum atomic E-state index is -1.62. The summed E-state index contributed by atoms with van der Waals surface area (Å²) >= 11 is 0. The number of rotatable bonds is 3. The highest BCUT2D eigenvalue weighted by atomic mass is 16.6. The summed E-state index contributed by atoms with van der Waals surface area (Å²) in [6, 6.07) is 13.6. The monoisotopic (exact) mass is 424 g/mol. The van der Waals surface area contributed by atoms with Gasteiger partial charge in [0.2, 0.25) is 11.7 Å². The van der Waals surface area contributed by atoms with Crippen LogP contribution in [0.15, 0.2) is 53.5 Å². The summed E-state index contributed by atoms with van der Waals surface area (Å²) < 4.78 is 6.88. The number of hydrogen-bond acceptors (Lipinski definition) is 8. The lowest BCUT2D eigenvalue weighted by Gasteiger charge is -2.40. The topological polar surface area (TPSA) is 145 Å². The molecule has 2 aromatic carbocycles. The van der Waals surface area contributed by atoms with E-state index in [-0.39, 0.29) is 22.9 Å². The fourth-order valence-corrected chi connectivity index (χ4v) is 4.27. The summed E-state index contributed by atoms with van der Waals surface area (Å²) in [5.74, 6) is -0.729. The predicted octanol–water partition coefficient (Wildman–Crippen LogP) is 0.636. The molecule has 1 saturated heterocycles. The van der Waals surface area contributed by atoms with E-state index in [9.17, 15) is 30.3 Å². The summed E-state index contributed by atoms with van der Waals surface area (Å²) in [6.45, 7) is -0.602. The van der Waals surface area contributed by atoms with Crippen LogP contribution in [0.1, 0.15) is 22.1 Å². The van der Waals surface area contributed by atoms with Gasteiger partial charge in [-0.25, -0.2) is 4.99 Å². The highest BCUT2D eigenvalue weighted by molar-refractivity contribution is 6.56. The molecule has 5 rings (SSSR count). The summed E-state index contributed by atoms with van der Waals surface area (Å²) in [5.41, 5.74) is 1.56. The number of aliphatic hydroxyl groups excluding tert-OH is 4. The van der Waals surface area contributed by atoms with Crippen LogP contribution in [0, 0.1) is 0 Å². The molecule has 1 aromatic heterocycles. The van der Waals surface area contributed by atoms with Crippen LogP contribution in [-0.4, -0.2) is 72.6 Å². The van der Waals surface area contributed by atoms with Crippen LogP contribution >= 0.6 is 0 Å². The average Bonchev–Trinajstić information content (AvgIpc) is 3.26. The number of nitrogens with zero attached hydrogens (tertiary/aromatic N) is 2. The second-order valence-electron chi connectivity index (χ2n) is 7.61. The number of fused-ring (bicyclic) bond motifs is 2. The van der Waals surface area contributed by atoms with Crippen molar-refractivity contribution in [3.05, 3.63) is 59.7 Å². The molecule has 31 heavy (non-hydrogen) atoms. The number of aliphatic hydroxyl groups is 4. The Morgan fingerprint density at radius 2 is 1.68 bits per heavy atom. The van der Waals surface area contributed by atoms with E-state index in [0.29, 0.717) is 22.2 Å². The van der Waals surface area contributed by atoms with Crippen molar-refractivity contribution in [2.45, 2.75) is 30.6 Å². The van der Waals surface area contributed by atoms with E-state index in [1.165, 1.54) is 4.57 Å². The highest BCUT2D eigenvalue weighted by Crippen LogP contribution is 2.41. The van der Waals surface area contributed by atoms with Crippen LogP contribution in [-0.2, 0) is 4.74 Å². The standard InChI is InChI=1S/C22H20N2O7/c25-9-14-18(27)19(28)20(29)22(31-14)24-13-8-4-2-6-11(13)15(21(24)30)16-17(26)10-5-1-3-7-12(10)23-16/h1-8,14,18-20,22,25,27-30H,9H2/t14-,18-,19+,20-,22-/m1/s1. The maximum Gasteiger partial charge on any atom is 0.214 e. The molecule has 0 bridgehead atoms. The van der Waals surface area contributed by atoms with Crippen molar-refractivity contribution >= 4 is 28.1 Å². The third-order valence-corrected chi connectivity index (χ3v) is 5.84. The molecule has 160 valence electrons. The van der Waals surface area contributed by atoms with Gasteiger partial charge in [-0.15, -0.1) is 0 Å². The van der Waals surface area contributed by atoms with E-state index in [1.807, 2.05) is 0 Å². The molecule has 3 aromatic rings. The van der Waals surface area contributed by atoms with Crippen LogP contribution in [0.3, 0.4) is 0 Å². The molecule has 0 aliphatic carbocycles. The van der Waals surface area contributed by atoms with Gasteiger partial charge in [-0.1, -0.05) is 30.3 Å². The van der Waals surface area contributed by atoms with Gasteiger partial charge in [0.05, 0.1) is 23.4 Å². The van der Waals surface area contributed by atoms with Crippen molar-refractivity contribution in [1.82, 2.24) is 4.57 Å². The van der Waals surface area contributed by atoms with Gasteiger partial charge in [-0.2, -0.15) is 0 Å². The number of para-hydroxylation sites is 2. The first-order valence-corrected chi connectivity index (χ1v) is 9.79. The van der Waals surface area contributed by atoms with Gasteiger partial charge >= 0.3 is 0 Å². The molecule has 0 spiro atoms. The summed E-state index contributed by atoms with van der Waals surface area (Å²) in [7, 11) is 0. The first-order valence-electron chi connectivity index (χ1n) is 9.79. The summed E-state index contributed by atoms with van der Waals surface area (Å²) in [6.07, 6.45) is -7.23. The van der Waals surface area contributed by atoms with E-state index in [1.54, 1.807) is 48.5 Å². The third kappa shape index (κ3) is 2.83. The Hall–Kier alpha value is -3.08. The van der Waals surface area contributed by atoms with Gasteiger partial charge in [0.25, 0.3) is 0 Å². The number of benzene rings is 2. The van der Waals surface area contributed by atoms with Crippen molar-refractivity contribution in [2.24, 2.45) is 4.99 Å². The summed E-state index contributed by atoms with van der Waals surface area (Å²) in [4.78, 5) is 17.4. The molecular formula is C22H20N2O7. The largest absolute Gasteiger partial charge is 0.494 e. The molecule has 3 heterocycles. The Labute approximate surface area is 176 Å². The van der Waals surface area contributed by atoms with Crippen molar-refractivity contribution in [2.75, 3.05) is 6.61 Å². The van der Waals surface area contributed by atoms with Gasteiger partial charge in [0, 0.05) is 10.9 Å². The minimum absolute atomic E-state index is 0.0539. The first kappa shape index (κ1) is 19.9. The van der Waals surface area contributed by atoms with Crippen LogP contribution in [0.4, 0.5) is 5.69 Å². The van der Waals surface area contributed by atoms with Gasteiger partial charge in [-0.3, -0.25) is 9.36 Å². The van der Waals surface area contributed by atoms with E-state index >= 15 is 0 Å². The number of aromatic hydroxyl groups is 1. The van der Waals surface area contributed by atoms with E-state index < -0.39 is 37.3 Å². The predicted molar refractivity (Wildman–Crippen MR) is 110 cm³/mol. The zero-order valence-electron chi connectivity index (χ0n) is 16.2. The first-order chi connectivity index (χ1) is 14.9. The van der Waals surface area contributed by atoms with Gasteiger partial charge in [-0.05, 0) is 18.2 Å². The summed E-state index contributed by atoms with van der Waals surface area (Å²) in [5, 5.41) is 52.1. The Bertz CT molecular complexity index is 1220. The van der Waals surface area contributed by atoms with Crippen molar-refractivity contribution < 1.29 is 35.1 Å². The fraction of sp³-hybridized carbons (Fsp3) is 0.273. The molecule has 0 saturated carbocycles. The van der Waals surface area contributed by atoms with Crippen molar-refractivity contribution in [3.8, 4) is 5.88 Å². The molecule has 0 amide bonds. The van der Waals surface area contributed by atoms with Crippen LogP contribution in [0.2, 0.25) is 0 Å². The Morgan fingerprint density at radius 3 is 2.42 bits per heavy atom. The molecule has 2 aliphatic heterocycles. The fourth-order valence-electron chi connectivity index (χ4n) is 4.27. The van der Waals surface area contributed by atoms with E-state index in [4.69, 9.17) is 4.74 Å². The number of carbonyl (C=O) groups is 1. The van der Waals surface area contributed by atoms with Crippen LogP contribution < -0.4 is 0 Å². The number of aromatic nitrogens is 1. The Balaban J connectivity index is 1.69.